The van der Waals surface area contributed by atoms with Crippen LogP contribution in [-0.2, 0) is 21.2 Å². The Morgan fingerprint density at radius 3 is 2.61 bits per heavy atom. The summed E-state index contributed by atoms with van der Waals surface area (Å²) in [5.74, 6) is -0.0863. The summed E-state index contributed by atoms with van der Waals surface area (Å²) < 4.78 is 27.5. The van der Waals surface area contributed by atoms with Crippen molar-refractivity contribution >= 4 is 33.4 Å². The van der Waals surface area contributed by atoms with E-state index in [2.05, 4.69) is 5.32 Å². The average Bonchev–Trinajstić information content (AvgIpc) is 3.14. The van der Waals surface area contributed by atoms with Crippen molar-refractivity contribution in [3.05, 3.63) is 53.6 Å². The molecule has 1 fully saturated rings. The van der Waals surface area contributed by atoms with Gasteiger partial charge in [0.05, 0.1) is 10.1 Å². The van der Waals surface area contributed by atoms with Gasteiger partial charge in [-0.15, -0.1) is 11.8 Å². The topological polar surface area (TPSA) is 66.5 Å². The summed E-state index contributed by atoms with van der Waals surface area (Å²) in [6.07, 6.45) is 3.56. The molecule has 2 aromatic rings. The van der Waals surface area contributed by atoms with E-state index in [1.165, 1.54) is 5.56 Å². The van der Waals surface area contributed by atoms with Gasteiger partial charge in [-0.25, -0.2) is 8.42 Å². The maximum absolute atomic E-state index is 13.0. The molecule has 0 bridgehead atoms. The molecular formula is C21H24N2O3S2. The van der Waals surface area contributed by atoms with Gasteiger partial charge < -0.3 is 5.32 Å². The Hall–Kier alpha value is -1.83. The lowest BCUT2D eigenvalue weighted by Crippen LogP contribution is -2.35. The molecule has 2 aromatic carbocycles. The van der Waals surface area contributed by atoms with Crippen molar-refractivity contribution in [3.8, 4) is 0 Å². The number of nitrogens with zero attached hydrogens (tertiary/aromatic N) is 1. The molecule has 7 heteroatoms. The lowest BCUT2D eigenvalue weighted by atomic mass is 10.1. The van der Waals surface area contributed by atoms with Crippen LogP contribution in [0.3, 0.4) is 0 Å². The molecule has 0 saturated carbocycles. The number of piperidine rings is 1. The maximum Gasteiger partial charge on any atom is 0.243 e. The molecule has 1 atom stereocenters. The summed E-state index contributed by atoms with van der Waals surface area (Å²) in [7, 11) is -3.52. The van der Waals surface area contributed by atoms with Gasteiger partial charge in [0.15, 0.2) is 0 Å². The normalized spacial score (nSPS) is 20.0. The molecule has 2 aliphatic heterocycles. The summed E-state index contributed by atoms with van der Waals surface area (Å²) in [4.78, 5) is 14.2. The van der Waals surface area contributed by atoms with Gasteiger partial charge in [-0.2, -0.15) is 4.31 Å². The molecule has 1 unspecified atom stereocenters. The Labute approximate surface area is 170 Å². The van der Waals surface area contributed by atoms with Gasteiger partial charge in [-0.05, 0) is 55.5 Å². The number of hydrogen-bond donors (Lipinski definition) is 1. The number of anilines is 1. The van der Waals surface area contributed by atoms with E-state index in [0.29, 0.717) is 25.2 Å². The van der Waals surface area contributed by atoms with Crippen molar-refractivity contribution in [1.29, 1.82) is 0 Å². The summed E-state index contributed by atoms with van der Waals surface area (Å²) in [5.41, 5.74) is 2.61. The Morgan fingerprint density at radius 1 is 1.11 bits per heavy atom. The highest BCUT2D eigenvalue weighted by molar-refractivity contribution is 8.01. The number of thioether (sulfide) groups is 1. The number of carbonyl (C=O) groups is 1. The Bertz CT molecular complexity index is 973. The number of rotatable bonds is 4. The lowest BCUT2D eigenvalue weighted by molar-refractivity contribution is -0.115. The first-order valence-electron chi connectivity index (χ1n) is 9.61. The molecule has 0 spiro atoms. The first kappa shape index (κ1) is 19.5. The molecule has 28 heavy (non-hydrogen) atoms. The fraction of sp³-hybridized carbons (Fsp3) is 0.381. The summed E-state index contributed by atoms with van der Waals surface area (Å²) in [6, 6.07) is 13.0. The van der Waals surface area contributed by atoms with E-state index in [0.717, 1.165) is 29.7 Å². The van der Waals surface area contributed by atoms with E-state index in [-0.39, 0.29) is 16.1 Å². The standard InChI is InChI=1S/C21H24N2O3S2/c1-15-9-10-17(28(25,26)23-11-5-2-6-12-23)14-18(15)22-21(24)20-13-16-7-3-4-8-19(16)27-20/h3-4,7-10,14,20H,2,5-6,11-13H2,1H3,(H,22,24). The van der Waals surface area contributed by atoms with Crippen LogP contribution in [0, 0.1) is 6.92 Å². The van der Waals surface area contributed by atoms with E-state index in [1.807, 2.05) is 31.2 Å². The molecule has 1 amide bonds. The van der Waals surface area contributed by atoms with Crippen LogP contribution in [0.25, 0.3) is 0 Å². The van der Waals surface area contributed by atoms with Crippen molar-refractivity contribution in [2.24, 2.45) is 0 Å². The number of nitrogens with one attached hydrogen (secondary N) is 1. The van der Waals surface area contributed by atoms with Crippen molar-refractivity contribution in [1.82, 2.24) is 4.31 Å². The SMILES string of the molecule is Cc1ccc(S(=O)(=O)N2CCCCC2)cc1NC(=O)C1Cc2ccccc2S1. The Kier molecular flexibility index (Phi) is 5.49. The van der Waals surface area contributed by atoms with Gasteiger partial charge in [0.25, 0.3) is 0 Å². The number of fused-ring (bicyclic) bond motifs is 1. The minimum absolute atomic E-state index is 0.0863. The summed E-state index contributed by atoms with van der Waals surface area (Å²) in [6.45, 7) is 3.01. The Balaban J connectivity index is 1.52. The highest BCUT2D eigenvalue weighted by Crippen LogP contribution is 2.37. The number of aryl methyl sites for hydroxylation is 1. The van der Waals surface area contributed by atoms with Gasteiger partial charge in [0.2, 0.25) is 15.9 Å². The zero-order chi connectivity index (χ0) is 19.7. The minimum atomic E-state index is -3.52. The fourth-order valence-electron chi connectivity index (χ4n) is 3.69. The molecule has 5 nitrogen and oxygen atoms in total. The van der Waals surface area contributed by atoms with Crippen LogP contribution in [0.5, 0.6) is 0 Å². The predicted octanol–water partition coefficient (Wildman–Crippen LogP) is 3.83. The number of carbonyl (C=O) groups excluding carboxylic acids is 1. The first-order valence-corrected chi connectivity index (χ1v) is 11.9. The zero-order valence-electron chi connectivity index (χ0n) is 15.8. The van der Waals surface area contributed by atoms with Gasteiger partial charge in [-0.1, -0.05) is 30.7 Å². The molecule has 0 aliphatic carbocycles. The quantitative estimate of drug-likeness (QED) is 0.823. The molecule has 2 aliphatic rings. The number of benzene rings is 2. The molecule has 148 valence electrons. The van der Waals surface area contributed by atoms with Crippen molar-refractivity contribution in [3.63, 3.8) is 0 Å². The van der Waals surface area contributed by atoms with Crippen LogP contribution in [0.15, 0.2) is 52.3 Å². The average molecular weight is 417 g/mol. The van der Waals surface area contributed by atoms with Crippen LogP contribution in [0.4, 0.5) is 5.69 Å². The molecule has 4 rings (SSSR count). The third-order valence-corrected chi connectivity index (χ3v) is 8.57. The van der Waals surface area contributed by atoms with E-state index < -0.39 is 10.0 Å². The third-order valence-electron chi connectivity index (χ3n) is 5.36. The van der Waals surface area contributed by atoms with Crippen LogP contribution in [0.1, 0.15) is 30.4 Å². The van der Waals surface area contributed by atoms with Gasteiger partial charge >= 0.3 is 0 Å². The zero-order valence-corrected chi connectivity index (χ0v) is 17.5. The highest BCUT2D eigenvalue weighted by atomic mass is 32.2. The monoisotopic (exact) mass is 416 g/mol. The molecule has 2 heterocycles. The van der Waals surface area contributed by atoms with E-state index in [1.54, 1.807) is 34.3 Å². The molecule has 1 N–H and O–H groups in total. The van der Waals surface area contributed by atoms with Crippen LogP contribution in [-0.4, -0.2) is 37.0 Å². The number of amides is 1. The number of sulfonamides is 1. The Morgan fingerprint density at radius 2 is 1.86 bits per heavy atom. The van der Waals surface area contributed by atoms with Gasteiger partial charge in [0.1, 0.15) is 0 Å². The lowest BCUT2D eigenvalue weighted by Gasteiger charge is -2.26. The van der Waals surface area contributed by atoms with Gasteiger partial charge in [-0.3, -0.25) is 4.79 Å². The van der Waals surface area contributed by atoms with E-state index in [4.69, 9.17) is 0 Å². The molecule has 1 saturated heterocycles. The second-order valence-electron chi connectivity index (χ2n) is 7.35. The van der Waals surface area contributed by atoms with Crippen LogP contribution < -0.4 is 5.32 Å². The largest absolute Gasteiger partial charge is 0.325 e. The van der Waals surface area contributed by atoms with Crippen LogP contribution in [0.2, 0.25) is 0 Å². The highest BCUT2D eigenvalue weighted by Gasteiger charge is 2.29. The molecule has 0 radical (unpaired) electrons. The second kappa shape index (κ2) is 7.89. The third kappa shape index (κ3) is 3.83. The smallest absolute Gasteiger partial charge is 0.243 e. The fourth-order valence-corrected chi connectivity index (χ4v) is 6.43. The molecular weight excluding hydrogens is 392 g/mol. The van der Waals surface area contributed by atoms with Crippen molar-refractivity contribution < 1.29 is 13.2 Å². The summed E-state index contributed by atoms with van der Waals surface area (Å²) >= 11 is 1.56. The maximum atomic E-state index is 13.0. The summed E-state index contributed by atoms with van der Waals surface area (Å²) in [5, 5.41) is 2.76. The van der Waals surface area contributed by atoms with E-state index >= 15 is 0 Å². The number of hydrogen-bond acceptors (Lipinski definition) is 4. The predicted molar refractivity (Wildman–Crippen MR) is 112 cm³/mol. The second-order valence-corrected chi connectivity index (χ2v) is 10.5. The first-order chi connectivity index (χ1) is 13.4. The van der Waals surface area contributed by atoms with Crippen LogP contribution >= 0.6 is 11.8 Å². The minimum Gasteiger partial charge on any atom is -0.325 e. The van der Waals surface area contributed by atoms with Gasteiger partial charge in [0, 0.05) is 23.7 Å². The van der Waals surface area contributed by atoms with Crippen molar-refractivity contribution in [2.75, 3.05) is 18.4 Å². The van der Waals surface area contributed by atoms with Crippen molar-refractivity contribution in [2.45, 2.75) is 47.6 Å². The molecule has 0 aromatic heterocycles. The van der Waals surface area contributed by atoms with E-state index in [9.17, 15) is 13.2 Å².